The van der Waals surface area contributed by atoms with Crippen LogP contribution in [0.15, 0.2) is 34.2 Å². The van der Waals surface area contributed by atoms with E-state index in [9.17, 15) is 5.11 Å². The number of hydrogen-bond acceptors (Lipinski definition) is 4. The Hall–Kier alpha value is -1.40. The van der Waals surface area contributed by atoms with E-state index in [1.165, 1.54) is 4.90 Å². The molecular weight excluding hydrogens is 358 g/mol. The van der Waals surface area contributed by atoms with E-state index < -0.39 is 0 Å². The number of aliphatic imine (C=N–C) groups is 1. The first kappa shape index (κ1) is 23.6. The summed E-state index contributed by atoms with van der Waals surface area (Å²) in [5.74, 6) is 3.73. The highest BCUT2D eigenvalue weighted by molar-refractivity contribution is 7.99. The maximum atomic E-state index is 9.21. The van der Waals surface area contributed by atoms with Crippen LogP contribution in [-0.2, 0) is 0 Å². The van der Waals surface area contributed by atoms with Crippen molar-refractivity contribution in [1.82, 2.24) is 10.6 Å². The van der Waals surface area contributed by atoms with E-state index in [4.69, 9.17) is 9.73 Å². The lowest BCUT2D eigenvalue weighted by atomic mass is 10.0. The van der Waals surface area contributed by atoms with Crippen LogP contribution in [0.4, 0.5) is 0 Å². The summed E-state index contributed by atoms with van der Waals surface area (Å²) in [5, 5.41) is 16.0. The van der Waals surface area contributed by atoms with Gasteiger partial charge in [0.1, 0.15) is 5.75 Å². The summed E-state index contributed by atoms with van der Waals surface area (Å²) in [4.78, 5) is 5.92. The smallest absolute Gasteiger partial charge is 0.191 e. The molecule has 0 bridgehead atoms. The van der Waals surface area contributed by atoms with E-state index in [2.05, 4.69) is 37.5 Å². The van der Waals surface area contributed by atoms with Crippen LogP contribution < -0.4 is 15.4 Å². The lowest BCUT2D eigenvalue weighted by Gasteiger charge is -2.18. The van der Waals surface area contributed by atoms with Crippen LogP contribution in [0.25, 0.3) is 0 Å². The zero-order valence-corrected chi connectivity index (χ0v) is 18.1. The van der Waals surface area contributed by atoms with Gasteiger partial charge in [0.25, 0.3) is 0 Å². The number of nitrogens with zero attached hydrogens (tertiary/aromatic N) is 1. The normalized spacial score (nSPS) is 13.9. The van der Waals surface area contributed by atoms with Crippen LogP contribution in [0.3, 0.4) is 0 Å². The van der Waals surface area contributed by atoms with E-state index >= 15 is 0 Å². The van der Waals surface area contributed by atoms with Gasteiger partial charge < -0.3 is 20.5 Å². The maximum Gasteiger partial charge on any atom is 0.191 e. The number of rotatable bonds is 13. The number of nitrogens with one attached hydrogen (secondary N) is 2. The number of aliphatic hydroxyl groups is 1. The molecule has 0 aliphatic carbocycles. The molecule has 0 spiro atoms. The Morgan fingerprint density at radius 3 is 2.67 bits per heavy atom. The van der Waals surface area contributed by atoms with Crippen molar-refractivity contribution in [2.24, 2.45) is 16.8 Å². The van der Waals surface area contributed by atoms with Crippen LogP contribution in [-0.4, -0.2) is 50.2 Å². The van der Waals surface area contributed by atoms with Gasteiger partial charge in [0, 0.05) is 36.9 Å². The predicted molar refractivity (Wildman–Crippen MR) is 117 cm³/mol. The first-order chi connectivity index (χ1) is 13.1. The van der Waals surface area contributed by atoms with Crippen molar-refractivity contribution in [1.29, 1.82) is 0 Å². The van der Waals surface area contributed by atoms with Crippen molar-refractivity contribution in [3.05, 3.63) is 24.3 Å². The van der Waals surface area contributed by atoms with E-state index in [0.717, 1.165) is 56.4 Å². The van der Waals surface area contributed by atoms with Gasteiger partial charge in [-0.25, -0.2) is 0 Å². The largest absolute Gasteiger partial charge is 0.496 e. The maximum absolute atomic E-state index is 9.21. The highest BCUT2D eigenvalue weighted by atomic mass is 32.2. The summed E-state index contributed by atoms with van der Waals surface area (Å²) in [5.41, 5.74) is 0. The summed E-state index contributed by atoms with van der Waals surface area (Å²) in [6, 6.07) is 8.13. The number of thioether (sulfide) groups is 1. The van der Waals surface area contributed by atoms with Gasteiger partial charge in [0.05, 0.1) is 7.11 Å². The predicted octanol–water partition coefficient (Wildman–Crippen LogP) is 3.78. The summed E-state index contributed by atoms with van der Waals surface area (Å²) in [6.45, 7) is 9.20. The summed E-state index contributed by atoms with van der Waals surface area (Å²) in [7, 11) is 1.71. The van der Waals surface area contributed by atoms with Crippen molar-refractivity contribution >= 4 is 17.7 Å². The minimum absolute atomic E-state index is 0.247. The molecule has 0 aliphatic rings. The standard InChI is InChI=1S/C21H37N3O2S/c1-5-9-18(12-13-25)15-24-21(22-6-2)23-14-17(3)16-27-20-11-8-7-10-19(20)26-4/h7-8,10-11,17-18,25H,5-6,9,12-16H2,1-4H3,(H2,22,23,24). The number of guanidine groups is 1. The fourth-order valence-corrected chi connectivity index (χ4v) is 3.83. The zero-order valence-electron chi connectivity index (χ0n) is 17.3. The molecule has 6 heteroatoms. The molecule has 154 valence electrons. The molecule has 0 amide bonds. The Bertz CT molecular complexity index is 534. The van der Waals surface area contributed by atoms with Crippen LogP contribution in [0.1, 0.15) is 40.0 Å². The molecule has 0 fully saturated rings. The lowest BCUT2D eigenvalue weighted by molar-refractivity contribution is 0.251. The molecular formula is C21H37N3O2S. The first-order valence-corrected chi connectivity index (χ1v) is 11.0. The van der Waals surface area contributed by atoms with E-state index in [1.807, 2.05) is 30.0 Å². The first-order valence-electron chi connectivity index (χ1n) is 10.0. The second-order valence-electron chi connectivity index (χ2n) is 6.83. The fraction of sp³-hybridized carbons (Fsp3) is 0.667. The molecule has 2 unspecified atom stereocenters. The van der Waals surface area contributed by atoms with Crippen molar-refractivity contribution in [2.75, 3.05) is 39.1 Å². The molecule has 3 N–H and O–H groups in total. The van der Waals surface area contributed by atoms with Gasteiger partial charge in [-0.2, -0.15) is 0 Å². The van der Waals surface area contributed by atoms with Gasteiger partial charge in [-0.05, 0) is 43.7 Å². The molecule has 2 atom stereocenters. The van der Waals surface area contributed by atoms with Crippen molar-refractivity contribution < 1.29 is 9.84 Å². The van der Waals surface area contributed by atoms with E-state index in [-0.39, 0.29) is 6.61 Å². The summed E-state index contributed by atoms with van der Waals surface area (Å²) in [6.07, 6.45) is 3.10. The Morgan fingerprint density at radius 1 is 1.22 bits per heavy atom. The molecule has 1 rings (SSSR count). The average molecular weight is 396 g/mol. The number of aliphatic hydroxyl groups excluding tert-OH is 1. The lowest BCUT2D eigenvalue weighted by Crippen LogP contribution is -2.40. The Kier molecular flexibility index (Phi) is 12.8. The van der Waals surface area contributed by atoms with Crippen LogP contribution in [0, 0.1) is 11.8 Å². The number of hydrogen-bond donors (Lipinski definition) is 3. The SMILES string of the molecule is CCCC(CCO)CNC(=NCC(C)CSc1ccccc1OC)NCC. The molecule has 1 aromatic carbocycles. The summed E-state index contributed by atoms with van der Waals surface area (Å²) < 4.78 is 5.42. The van der Waals surface area contributed by atoms with E-state index in [1.54, 1.807) is 7.11 Å². The quantitative estimate of drug-likeness (QED) is 0.269. The van der Waals surface area contributed by atoms with Crippen molar-refractivity contribution in [3.63, 3.8) is 0 Å². The molecule has 0 aliphatic heterocycles. The van der Waals surface area contributed by atoms with Crippen LogP contribution in [0.5, 0.6) is 5.75 Å². The van der Waals surface area contributed by atoms with Crippen LogP contribution >= 0.6 is 11.8 Å². The minimum Gasteiger partial charge on any atom is -0.496 e. The van der Waals surface area contributed by atoms with Gasteiger partial charge in [-0.3, -0.25) is 4.99 Å². The minimum atomic E-state index is 0.247. The van der Waals surface area contributed by atoms with Gasteiger partial charge in [-0.1, -0.05) is 32.4 Å². The molecule has 0 heterocycles. The number of methoxy groups -OCH3 is 1. The second kappa shape index (κ2) is 14.6. The van der Waals surface area contributed by atoms with Crippen molar-refractivity contribution in [2.45, 2.75) is 44.9 Å². The second-order valence-corrected chi connectivity index (χ2v) is 7.90. The topological polar surface area (TPSA) is 65.9 Å². The van der Waals surface area contributed by atoms with Gasteiger partial charge >= 0.3 is 0 Å². The number of para-hydroxylation sites is 1. The monoisotopic (exact) mass is 395 g/mol. The third-order valence-electron chi connectivity index (χ3n) is 4.29. The fourth-order valence-electron chi connectivity index (χ4n) is 2.79. The Morgan fingerprint density at radius 2 is 2.00 bits per heavy atom. The van der Waals surface area contributed by atoms with Crippen molar-refractivity contribution in [3.8, 4) is 5.75 Å². The highest BCUT2D eigenvalue weighted by Gasteiger charge is 2.10. The molecule has 1 aromatic rings. The Labute approximate surface area is 169 Å². The number of benzene rings is 1. The average Bonchev–Trinajstić information content (AvgIpc) is 2.68. The molecule has 0 saturated carbocycles. The molecule has 27 heavy (non-hydrogen) atoms. The molecule has 5 nitrogen and oxygen atoms in total. The van der Waals surface area contributed by atoms with Crippen LogP contribution in [0.2, 0.25) is 0 Å². The number of ether oxygens (including phenoxy) is 1. The Balaban J connectivity index is 2.50. The van der Waals surface area contributed by atoms with Gasteiger partial charge in [0.2, 0.25) is 0 Å². The zero-order chi connectivity index (χ0) is 19.9. The van der Waals surface area contributed by atoms with Gasteiger partial charge in [0.15, 0.2) is 5.96 Å². The molecule has 0 aromatic heterocycles. The highest BCUT2D eigenvalue weighted by Crippen LogP contribution is 2.29. The molecule has 0 saturated heterocycles. The van der Waals surface area contributed by atoms with Gasteiger partial charge in [-0.15, -0.1) is 11.8 Å². The third kappa shape index (κ3) is 9.91. The third-order valence-corrected chi connectivity index (χ3v) is 5.67. The molecule has 0 radical (unpaired) electrons. The van der Waals surface area contributed by atoms with E-state index in [0.29, 0.717) is 11.8 Å². The summed E-state index contributed by atoms with van der Waals surface area (Å²) >= 11 is 1.81.